The Morgan fingerprint density at radius 1 is 0.810 bits per heavy atom. The van der Waals surface area contributed by atoms with Crippen LogP contribution in [0.15, 0.2) is 30.3 Å². The molecule has 4 atom stereocenters. The lowest BCUT2D eigenvalue weighted by Gasteiger charge is -2.23. The van der Waals surface area contributed by atoms with Gasteiger partial charge in [-0.1, -0.05) is 30.3 Å². The zero-order valence-corrected chi connectivity index (χ0v) is 10.7. The van der Waals surface area contributed by atoms with E-state index < -0.39 is 42.0 Å². The molecule has 114 valence electrons. The summed E-state index contributed by atoms with van der Waals surface area (Å²) in [4.78, 5) is 33.9. The summed E-state index contributed by atoms with van der Waals surface area (Å²) >= 11 is 0. The minimum absolute atomic E-state index is 0.0398. The second kappa shape index (κ2) is 7.04. The maximum Gasteiger partial charge on any atom is 0.335 e. The van der Waals surface area contributed by atoms with Crippen molar-refractivity contribution >= 4 is 17.5 Å². The molecule has 0 aliphatic heterocycles. The Balaban J connectivity index is 2.83. The van der Waals surface area contributed by atoms with Crippen molar-refractivity contribution in [1.82, 2.24) is 0 Å². The van der Waals surface area contributed by atoms with E-state index in [1.807, 2.05) is 0 Å². The van der Waals surface area contributed by atoms with Crippen LogP contribution in [0.1, 0.15) is 10.4 Å². The highest BCUT2D eigenvalue weighted by atomic mass is 16.4. The zero-order valence-electron chi connectivity index (χ0n) is 10.7. The van der Waals surface area contributed by atoms with Crippen LogP contribution in [0.4, 0.5) is 0 Å². The predicted octanol–water partition coefficient (Wildman–Crippen LogP) is -2.03. The van der Waals surface area contributed by atoms with Crippen LogP contribution in [-0.2, 0) is 9.59 Å². The average molecular weight is 298 g/mol. The highest BCUT2D eigenvalue weighted by molar-refractivity contribution is 6.45. The summed E-state index contributed by atoms with van der Waals surface area (Å²) in [6.07, 6.45) is -9.42. The van der Waals surface area contributed by atoms with Gasteiger partial charge >= 0.3 is 5.97 Å². The quantitative estimate of drug-likeness (QED) is 0.285. The van der Waals surface area contributed by atoms with Crippen LogP contribution in [0.2, 0.25) is 0 Å². The number of ketones is 2. The van der Waals surface area contributed by atoms with Gasteiger partial charge in [0.1, 0.15) is 18.3 Å². The van der Waals surface area contributed by atoms with Crippen molar-refractivity contribution in [3.63, 3.8) is 0 Å². The molecule has 0 saturated carbocycles. The fraction of sp³-hybridized carbons (Fsp3) is 0.308. The predicted molar refractivity (Wildman–Crippen MR) is 67.4 cm³/mol. The second-order valence-electron chi connectivity index (χ2n) is 4.27. The summed E-state index contributed by atoms with van der Waals surface area (Å²) in [5.74, 6) is -4.39. The van der Waals surface area contributed by atoms with Gasteiger partial charge in [-0.25, -0.2) is 4.79 Å². The lowest BCUT2D eigenvalue weighted by molar-refractivity contribution is -0.164. The van der Waals surface area contributed by atoms with Crippen LogP contribution in [0.25, 0.3) is 0 Å². The first-order chi connectivity index (χ1) is 9.77. The number of carbonyl (C=O) groups is 3. The van der Waals surface area contributed by atoms with Crippen LogP contribution < -0.4 is 0 Å². The monoisotopic (exact) mass is 298 g/mol. The molecule has 0 saturated heterocycles. The third-order valence-electron chi connectivity index (χ3n) is 2.78. The van der Waals surface area contributed by atoms with Crippen LogP contribution in [0.5, 0.6) is 0 Å². The second-order valence-corrected chi connectivity index (χ2v) is 4.27. The fourth-order valence-corrected chi connectivity index (χ4v) is 1.54. The van der Waals surface area contributed by atoms with Gasteiger partial charge < -0.3 is 25.5 Å². The van der Waals surface area contributed by atoms with E-state index in [1.54, 1.807) is 6.07 Å². The molecular weight excluding hydrogens is 284 g/mol. The maximum absolute atomic E-state index is 11.7. The topological polar surface area (TPSA) is 152 Å². The number of hydrogen-bond acceptors (Lipinski definition) is 7. The minimum Gasteiger partial charge on any atom is -0.479 e. The van der Waals surface area contributed by atoms with Gasteiger partial charge in [0.2, 0.25) is 11.6 Å². The molecule has 0 fully saturated rings. The number of benzene rings is 1. The largest absolute Gasteiger partial charge is 0.479 e. The summed E-state index contributed by atoms with van der Waals surface area (Å²) in [5.41, 5.74) is -0.0398. The Labute approximate surface area is 118 Å². The van der Waals surface area contributed by atoms with Crippen LogP contribution in [0.3, 0.4) is 0 Å². The Hall–Kier alpha value is -2.13. The van der Waals surface area contributed by atoms with Crippen LogP contribution in [-0.4, -0.2) is 67.5 Å². The number of Topliss-reactive ketones (excluding diaryl/α,β-unsaturated/α-hetero) is 2. The molecule has 8 nitrogen and oxygen atoms in total. The molecule has 0 amide bonds. The first kappa shape index (κ1) is 16.9. The molecule has 0 aliphatic carbocycles. The van der Waals surface area contributed by atoms with Gasteiger partial charge in [0.05, 0.1) is 0 Å². The molecule has 0 unspecified atom stereocenters. The van der Waals surface area contributed by atoms with E-state index in [0.29, 0.717) is 0 Å². The Morgan fingerprint density at radius 2 is 1.29 bits per heavy atom. The smallest absolute Gasteiger partial charge is 0.335 e. The number of carbonyl (C=O) groups excluding carboxylic acids is 2. The van der Waals surface area contributed by atoms with Crippen molar-refractivity contribution in [2.45, 2.75) is 24.4 Å². The van der Waals surface area contributed by atoms with E-state index in [4.69, 9.17) is 10.2 Å². The summed E-state index contributed by atoms with van der Waals surface area (Å²) < 4.78 is 0. The highest BCUT2D eigenvalue weighted by Gasteiger charge is 2.39. The van der Waals surface area contributed by atoms with E-state index in [2.05, 4.69) is 0 Å². The van der Waals surface area contributed by atoms with Gasteiger partial charge in [-0.15, -0.1) is 0 Å². The first-order valence-electron chi connectivity index (χ1n) is 5.86. The van der Waals surface area contributed by atoms with Gasteiger partial charge in [0.25, 0.3) is 0 Å². The fourth-order valence-electron chi connectivity index (χ4n) is 1.54. The summed E-state index contributed by atoms with van der Waals surface area (Å²) in [6, 6.07) is 7.17. The van der Waals surface area contributed by atoms with Gasteiger partial charge in [-0.3, -0.25) is 9.59 Å². The Bertz CT molecular complexity index is 526. The normalized spacial score (nSPS) is 16.6. The van der Waals surface area contributed by atoms with E-state index in [1.165, 1.54) is 24.3 Å². The molecule has 0 aromatic heterocycles. The summed E-state index contributed by atoms with van der Waals surface area (Å²) in [6.45, 7) is 0. The number of carboxylic acid groups (broad SMARTS) is 1. The number of aliphatic hydroxyl groups is 4. The van der Waals surface area contributed by atoms with Crippen LogP contribution >= 0.6 is 0 Å². The number of aliphatic carboxylic acids is 1. The third-order valence-corrected chi connectivity index (χ3v) is 2.78. The molecule has 0 heterocycles. The van der Waals surface area contributed by atoms with E-state index in [0.717, 1.165) is 0 Å². The standard InChI is InChI=1S/C13H14O8/c14-7(6-4-2-1-3-5-6)8(15)9(16)10(17)11(18)12(19)13(20)21/h1-5,9-12,16-19H,(H,20,21)/t9-,10+,11-,12-/m0/s1. The maximum atomic E-state index is 11.7. The van der Waals surface area contributed by atoms with Crippen molar-refractivity contribution in [2.24, 2.45) is 0 Å². The highest BCUT2D eigenvalue weighted by Crippen LogP contribution is 2.10. The van der Waals surface area contributed by atoms with Crippen molar-refractivity contribution in [1.29, 1.82) is 0 Å². The molecule has 5 N–H and O–H groups in total. The van der Waals surface area contributed by atoms with E-state index >= 15 is 0 Å². The van der Waals surface area contributed by atoms with Crippen molar-refractivity contribution in [2.75, 3.05) is 0 Å². The lowest BCUT2D eigenvalue weighted by atomic mass is 9.96. The molecular formula is C13H14O8. The lowest BCUT2D eigenvalue weighted by Crippen LogP contribution is -2.51. The summed E-state index contributed by atoms with van der Waals surface area (Å²) in [7, 11) is 0. The first-order valence-corrected chi connectivity index (χ1v) is 5.86. The number of carboxylic acids is 1. The molecule has 8 heteroatoms. The summed E-state index contributed by atoms with van der Waals surface area (Å²) in [5, 5.41) is 45.8. The molecule has 1 aromatic rings. The number of hydrogen-bond donors (Lipinski definition) is 5. The Morgan fingerprint density at radius 3 is 1.76 bits per heavy atom. The van der Waals surface area contributed by atoms with Crippen molar-refractivity contribution < 1.29 is 39.9 Å². The van der Waals surface area contributed by atoms with E-state index in [9.17, 15) is 29.7 Å². The number of rotatable bonds is 7. The molecule has 1 aromatic carbocycles. The minimum atomic E-state index is -2.41. The van der Waals surface area contributed by atoms with Gasteiger partial charge in [0.15, 0.2) is 6.10 Å². The molecule has 1 rings (SSSR count). The third kappa shape index (κ3) is 3.92. The SMILES string of the molecule is O=C(C(=O)[C@H](O)[C@@H](O)[C@H](O)[C@H](O)C(=O)O)c1ccccc1. The van der Waals surface area contributed by atoms with Gasteiger partial charge in [0, 0.05) is 5.56 Å². The molecule has 0 spiro atoms. The zero-order chi connectivity index (χ0) is 16.2. The average Bonchev–Trinajstić information content (AvgIpc) is 2.51. The molecule has 0 radical (unpaired) electrons. The van der Waals surface area contributed by atoms with Crippen molar-refractivity contribution in [3.8, 4) is 0 Å². The molecule has 21 heavy (non-hydrogen) atoms. The Kier molecular flexibility index (Phi) is 5.68. The van der Waals surface area contributed by atoms with Crippen molar-refractivity contribution in [3.05, 3.63) is 35.9 Å². The molecule has 0 aliphatic rings. The van der Waals surface area contributed by atoms with Gasteiger partial charge in [-0.05, 0) is 0 Å². The number of aliphatic hydroxyl groups excluding tert-OH is 4. The van der Waals surface area contributed by atoms with E-state index in [-0.39, 0.29) is 5.56 Å². The van der Waals surface area contributed by atoms with Gasteiger partial charge in [-0.2, -0.15) is 0 Å². The molecule has 0 bridgehead atoms. The van der Waals surface area contributed by atoms with Crippen LogP contribution in [0, 0.1) is 0 Å².